The molecule has 2 saturated heterocycles. The van der Waals surface area contributed by atoms with Crippen LogP contribution in [0.5, 0.6) is 0 Å². The Kier molecular flexibility index (Phi) is 9.47. The Bertz CT molecular complexity index is 756. The van der Waals surface area contributed by atoms with Crippen molar-refractivity contribution in [3.63, 3.8) is 0 Å². The molecule has 202 valence electrons. The van der Waals surface area contributed by atoms with Gasteiger partial charge in [0.05, 0.1) is 19.3 Å². The number of ether oxygens (including phenoxy) is 4. The van der Waals surface area contributed by atoms with Crippen molar-refractivity contribution in [3.05, 3.63) is 11.6 Å². The zero-order valence-electron chi connectivity index (χ0n) is 20.7. The second kappa shape index (κ2) is 11.6. The van der Waals surface area contributed by atoms with Crippen molar-refractivity contribution in [2.24, 2.45) is 11.3 Å². The summed E-state index contributed by atoms with van der Waals surface area (Å²) in [7, 11) is 0. The minimum atomic E-state index is -1.56. The quantitative estimate of drug-likeness (QED) is 0.239. The molecule has 0 aromatic heterocycles. The van der Waals surface area contributed by atoms with Gasteiger partial charge in [-0.15, -0.1) is 0 Å². The van der Waals surface area contributed by atoms with E-state index in [9.17, 15) is 35.4 Å². The molecule has 2 heterocycles. The molecule has 1 aliphatic carbocycles. The van der Waals surface area contributed by atoms with Crippen LogP contribution in [0.1, 0.15) is 47.0 Å². The first-order valence-corrected chi connectivity index (χ1v) is 12.2. The lowest BCUT2D eigenvalue weighted by atomic mass is 9.66. The summed E-state index contributed by atoms with van der Waals surface area (Å²) < 4.78 is 22.1. The zero-order valence-corrected chi connectivity index (χ0v) is 20.7. The van der Waals surface area contributed by atoms with Crippen LogP contribution in [-0.4, -0.2) is 111 Å². The Morgan fingerprint density at radius 2 is 1.69 bits per heavy atom. The summed E-state index contributed by atoms with van der Waals surface area (Å²) in [6.45, 7) is 7.33. The lowest BCUT2D eigenvalue weighted by Gasteiger charge is -2.42. The number of rotatable bonds is 8. The molecule has 0 bridgehead atoms. The lowest BCUT2D eigenvalue weighted by molar-refractivity contribution is -0.327. The van der Waals surface area contributed by atoms with E-state index < -0.39 is 55.3 Å². The number of ketones is 1. The van der Waals surface area contributed by atoms with E-state index in [-0.39, 0.29) is 36.4 Å². The zero-order chi connectivity index (χ0) is 26.1. The van der Waals surface area contributed by atoms with Gasteiger partial charge in [0.25, 0.3) is 0 Å². The number of allylic oxidation sites excluding steroid dienone is 2. The fourth-order valence-electron chi connectivity index (χ4n) is 5.19. The van der Waals surface area contributed by atoms with Gasteiger partial charge in [0.2, 0.25) is 0 Å². The molecule has 2 unspecified atom stereocenters. The SMILES string of the molecule is CC1=CC(=O)CC(C)(C)C1CCC(C)O[C@@H]1O[C@H](CO[C@@H]2OC[C@@H](O)[C@H](O)[C@H]2O)[C@@H](O)[C@H](O)[C@H]1O. The van der Waals surface area contributed by atoms with E-state index in [1.165, 1.54) is 0 Å². The Morgan fingerprint density at radius 3 is 2.34 bits per heavy atom. The van der Waals surface area contributed by atoms with Crippen molar-refractivity contribution < 1.29 is 54.4 Å². The standard InChI is InChI=1S/C24H40O11/c1-11-7-13(25)8-24(3,4)14(11)6-5-12(2)34-23-21(31)19(29)18(28)16(35-23)10-33-22-20(30)17(27)15(26)9-32-22/h7,12,14-23,26-31H,5-6,8-10H2,1-4H3/t12?,14?,15-,16-,17+,18-,19+,20-,21-,22+,23-/m1/s1. The summed E-state index contributed by atoms with van der Waals surface area (Å²) >= 11 is 0. The minimum absolute atomic E-state index is 0.129. The van der Waals surface area contributed by atoms with E-state index in [2.05, 4.69) is 13.8 Å². The van der Waals surface area contributed by atoms with Crippen LogP contribution in [-0.2, 0) is 23.7 Å². The van der Waals surface area contributed by atoms with Crippen molar-refractivity contribution in [2.45, 2.75) is 108 Å². The predicted octanol–water partition coefficient (Wildman–Crippen LogP) is -1.00. The first-order valence-electron chi connectivity index (χ1n) is 12.2. The summed E-state index contributed by atoms with van der Waals surface area (Å²) in [4.78, 5) is 11.9. The molecule has 0 spiro atoms. The van der Waals surface area contributed by atoms with Crippen LogP contribution >= 0.6 is 0 Å². The van der Waals surface area contributed by atoms with Crippen molar-refractivity contribution in [1.82, 2.24) is 0 Å². The average molecular weight is 505 g/mol. The third kappa shape index (κ3) is 6.67. The summed E-state index contributed by atoms with van der Waals surface area (Å²) in [5, 5.41) is 60.4. The maximum atomic E-state index is 11.9. The number of carbonyl (C=O) groups excluding carboxylic acids is 1. The van der Waals surface area contributed by atoms with Gasteiger partial charge < -0.3 is 49.6 Å². The number of hydrogen-bond donors (Lipinski definition) is 6. The van der Waals surface area contributed by atoms with E-state index in [4.69, 9.17) is 18.9 Å². The van der Waals surface area contributed by atoms with Crippen LogP contribution in [0.2, 0.25) is 0 Å². The van der Waals surface area contributed by atoms with Gasteiger partial charge in [-0.3, -0.25) is 4.79 Å². The van der Waals surface area contributed by atoms with Crippen LogP contribution in [0.15, 0.2) is 11.6 Å². The molecule has 6 N–H and O–H groups in total. The Hall–Kier alpha value is -0.990. The van der Waals surface area contributed by atoms with Crippen molar-refractivity contribution in [3.8, 4) is 0 Å². The highest BCUT2D eigenvalue weighted by atomic mass is 16.7. The van der Waals surface area contributed by atoms with E-state index in [0.29, 0.717) is 12.8 Å². The van der Waals surface area contributed by atoms with Gasteiger partial charge >= 0.3 is 0 Å². The molecule has 11 atom stereocenters. The van der Waals surface area contributed by atoms with E-state index in [1.54, 1.807) is 6.08 Å². The molecule has 35 heavy (non-hydrogen) atoms. The molecule has 0 aromatic rings. The molecule has 11 heteroatoms. The van der Waals surface area contributed by atoms with Gasteiger partial charge in [0.15, 0.2) is 18.4 Å². The molecule has 3 aliphatic rings. The van der Waals surface area contributed by atoms with Crippen molar-refractivity contribution in [1.29, 1.82) is 0 Å². The number of aliphatic hydroxyl groups excluding tert-OH is 6. The normalized spacial score (nSPS) is 43.0. The number of carbonyl (C=O) groups is 1. The van der Waals surface area contributed by atoms with Crippen LogP contribution in [0.4, 0.5) is 0 Å². The van der Waals surface area contributed by atoms with E-state index in [1.807, 2.05) is 13.8 Å². The van der Waals surface area contributed by atoms with Crippen LogP contribution in [0.25, 0.3) is 0 Å². The molecule has 0 amide bonds. The second-order valence-electron chi connectivity index (χ2n) is 10.7. The summed E-state index contributed by atoms with van der Waals surface area (Å²) in [6.07, 6.45) is -9.21. The van der Waals surface area contributed by atoms with Gasteiger partial charge in [0, 0.05) is 6.42 Å². The Morgan fingerprint density at radius 1 is 1.03 bits per heavy atom. The monoisotopic (exact) mass is 504 g/mol. The first kappa shape index (κ1) is 28.6. The maximum Gasteiger partial charge on any atom is 0.186 e. The maximum absolute atomic E-state index is 11.9. The second-order valence-corrected chi connectivity index (χ2v) is 10.7. The highest BCUT2D eigenvalue weighted by Gasteiger charge is 2.46. The van der Waals surface area contributed by atoms with Gasteiger partial charge in [-0.25, -0.2) is 0 Å². The Balaban J connectivity index is 1.55. The number of aliphatic hydroxyl groups is 6. The van der Waals surface area contributed by atoms with Gasteiger partial charge in [-0.2, -0.15) is 0 Å². The van der Waals surface area contributed by atoms with Crippen LogP contribution in [0, 0.1) is 11.3 Å². The first-order chi connectivity index (χ1) is 16.3. The molecule has 0 radical (unpaired) electrons. The van der Waals surface area contributed by atoms with E-state index >= 15 is 0 Å². The summed E-state index contributed by atoms with van der Waals surface area (Å²) in [5.41, 5.74) is 0.863. The molecule has 2 fully saturated rings. The van der Waals surface area contributed by atoms with Crippen molar-refractivity contribution >= 4 is 5.78 Å². The molecule has 11 nitrogen and oxygen atoms in total. The fourth-order valence-corrected chi connectivity index (χ4v) is 5.19. The third-order valence-corrected chi connectivity index (χ3v) is 7.29. The van der Waals surface area contributed by atoms with Crippen LogP contribution < -0.4 is 0 Å². The topological polar surface area (TPSA) is 175 Å². The number of hydrogen-bond acceptors (Lipinski definition) is 11. The van der Waals surface area contributed by atoms with Gasteiger partial charge in [0.1, 0.15) is 42.7 Å². The third-order valence-electron chi connectivity index (χ3n) is 7.29. The van der Waals surface area contributed by atoms with Gasteiger partial charge in [-0.1, -0.05) is 19.4 Å². The molecular weight excluding hydrogens is 464 g/mol. The van der Waals surface area contributed by atoms with E-state index in [0.717, 1.165) is 12.0 Å². The molecular formula is C24H40O11. The summed E-state index contributed by atoms with van der Waals surface area (Å²) in [5.74, 6) is 0.331. The highest BCUT2D eigenvalue weighted by molar-refractivity contribution is 5.91. The van der Waals surface area contributed by atoms with Crippen molar-refractivity contribution in [2.75, 3.05) is 13.2 Å². The smallest absolute Gasteiger partial charge is 0.186 e. The molecule has 0 aromatic carbocycles. The highest BCUT2D eigenvalue weighted by Crippen LogP contribution is 2.42. The summed E-state index contributed by atoms with van der Waals surface area (Å²) in [6, 6.07) is 0. The Labute approximate surface area is 205 Å². The molecule has 0 saturated carbocycles. The largest absolute Gasteiger partial charge is 0.388 e. The lowest BCUT2D eigenvalue weighted by Crippen LogP contribution is -2.60. The average Bonchev–Trinajstić information content (AvgIpc) is 2.76. The molecule has 2 aliphatic heterocycles. The van der Waals surface area contributed by atoms with Crippen LogP contribution in [0.3, 0.4) is 0 Å². The fraction of sp³-hybridized carbons (Fsp3) is 0.875. The predicted molar refractivity (Wildman–Crippen MR) is 121 cm³/mol. The molecule has 3 rings (SSSR count). The van der Waals surface area contributed by atoms with Gasteiger partial charge in [-0.05, 0) is 44.1 Å². The minimum Gasteiger partial charge on any atom is -0.388 e.